The van der Waals surface area contributed by atoms with Crippen LogP contribution in [0, 0.1) is 0 Å². The summed E-state index contributed by atoms with van der Waals surface area (Å²) in [6.45, 7) is 0.478. The molecule has 1 N–H and O–H groups in total. The van der Waals surface area contributed by atoms with E-state index in [4.69, 9.17) is 27.6 Å². The Morgan fingerprint density at radius 1 is 1.00 bits per heavy atom. The van der Waals surface area contributed by atoms with Crippen LogP contribution in [0.2, 0.25) is 10.0 Å². The van der Waals surface area contributed by atoms with Crippen LogP contribution in [0.25, 0.3) is 17.4 Å². The first-order chi connectivity index (χ1) is 12.1. The summed E-state index contributed by atoms with van der Waals surface area (Å²) >= 11 is 12.2. The van der Waals surface area contributed by atoms with Crippen LogP contribution >= 0.6 is 23.2 Å². The van der Waals surface area contributed by atoms with E-state index in [1.54, 1.807) is 30.3 Å². The standard InChI is InChI=1S/C20H15Cl2NO2/c21-17-8-4-7-16(20(17)22)18-11-9-15(25-18)10-12-19(24)23-13-14-5-2-1-3-6-14/h1-12H,13H2,(H,23,24). The van der Waals surface area contributed by atoms with Crippen LogP contribution < -0.4 is 5.32 Å². The zero-order valence-electron chi connectivity index (χ0n) is 13.2. The molecule has 0 atom stereocenters. The third-order valence-electron chi connectivity index (χ3n) is 3.55. The van der Waals surface area contributed by atoms with Gasteiger partial charge in [0.05, 0.1) is 10.0 Å². The topological polar surface area (TPSA) is 42.2 Å². The molecule has 0 saturated carbocycles. The SMILES string of the molecule is O=C(C=Cc1ccc(-c2cccc(Cl)c2Cl)o1)NCc1ccccc1. The lowest BCUT2D eigenvalue weighted by molar-refractivity contribution is -0.116. The molecule has 126 valence electrons. The fourth-order valence-corrected chi connectivity index (χ4v) is 2.68. The monoisotopic (exact) mass is 371 g/mol. The van der Waals surface area contributed by atoms with Gasteiger partial charge in [-0.25, -0.2) is 0 Å². The van der Waals surface area contributed by atoms with E-state index in [2.05, 4.69) is 5.32 Å². The smallest absolute Gasteiger partial charge is 0.244 e. The lowest BCUT2D eigenvalue weighted by atomic mass is 10.2. The number of carbonyl (C=O) groups excluding carboxylic acids is 1. The van der Waals surface area contributed by atoms with Crippen LogP contribution in [0.4, 0.5) is 0 Å². The molecule has 1 amide bonds. The summed E-state index contributed by atoms with van der Waals surface area (Å²) < 4.78 is 5.71. The number of amides is 1. The summed E-state index contributed by atoms with van der Waals surface area (Å²) in [6.07, 6.45) is 3.05. The number of halogens is 2. The summed E-state index contributed by atoms with van der Waals surface area (Å²) in [6, 6.07) is 18.6. The van der Waals surface area contributed by atoms with Crippen molar-refractivity contribution in [2.75, 3.05) is 0 Å². The Hall–Kier alpha value is -2.49. The molecular formula is C20H15Cl2NO2. The van der Waals surface area contributed by atoms with Gasteiger partial charge in [0.25, 0.3) is 0 Å². The number of benzene rings is 2. The number of carbonyl (C=O) groups is 1. The molecule has 0 radical (unpaired) electrons. The average molecular weight is 372 g/mol. The maximum Gasteiger partial charge on any atom is 0.244 e. The third-order valence-corrected chi connectivity index (χ3v) is 4.37. The molecule has 0 unspecified atom stereocenters. The number of furan rings is 1. The molecule has 0 spiro atoms. The minimum absolute atomic E-state index is 0.192. The number of hydrogen-bond donors (Lipinski definition) is 1. The average Bonchev–Trinajstić information content (AvgIpc) is 3.10. The Labute approximate surface area is 155 Å². The van der Waals surface area contributed by atoms with Crippen LogP contribution in [0.5, 0.6) is 0 Å². The molecule has 0 fully saturated rings. The molecule has 3 nitrogen and oxygen atoms in total. The molecule has 0 aliphatic carbocycles. The van der Waals surface area contributed by atoms with Crippen molar-refractivity contribution >= 4 is 35.2 Å². The van der Waals surface area contributed by atoms with Gasteiger partial charge in [0, 0.05) is 18.2 Å². The van der Waals surface area contributed by atoms with Crippen molar-refractivity contribution in [3.8, 4) is 11.3 Å². The number of rotatable bonds is 5. The Kier molecular flexibility index (Phi) is 5.59. The largest absolute Gasteiger partial charge is 0.457 e. The van der Waals surface area contributed by atoms with Gasteiger partial charge in [-0.1, -0.05) is 59.6 Å². The summed E-state index contributed by atoms with van der Waals surface area (Å²) in [4.78, 5) is 11.9. The highest BCUT2D eigenvalue weighted by Crippen LogP contribution is 2.34. The van der Waals surface area contributed by atoms with Gasteiger partial charge in [0.1, 0.15) is 11.5 Å². The molecule has 1 heterocycles. The molecule has 2 aromatic carbocycles. The number of hydrogen-bond acceptors (Lipinski definition) is 2. The molecule has 3 rings (SSSR count). The Balaban J connectivity index is 1.63. The molecule has 1 aromatic heterocycles. The second kappa shape index (κ2) is 8.06. The van der Waals surface area contributed by atoms with Crippen molar-refractivity contribution in [1.29, 1.82) is 0 Å². The molecule has 0 aliphatic rings. The third kappa shape index (κ3) is 4.53. The first-order valence-electron chi connectivity index (χ1n) is 7.67. The summed E-state index contributed by atoms with van der Waals surface area (Å²) in [5, 5.41) is 3.72. The van der Waals surface area contributed by atoms with Crippen molar-refractivity contribution in [2.24, 2.45) is 0 Å². The highest BCUT2D eigenvalue weighted by atomic mass is 35.5. The normalized spacial score (nSPS) is 11.0. The van der Waals surface area contributed by atoms with Crippen LogP contribution in [-0.4, -0.2) is 5.91 Å². The van der Waals surface area contributed by atoms with Gasteiger partial charge in [-0.2, -0.15) is 0 Å². The van der Waals surface area contributed by atoms with Crippen molar-refractivity contribution in [2.45, 2.75) is 6.54 Å². The van der Waals surface area contributed by atoms with E-state index < -0.39 is 0 Å². The van der Waals surface area contributed by atoms with Crippen molar-refractivity contribution in [1.82, 2.24) is 5.32 Å². The first-order valence-corrected chi connectivity index (χ1v) is 8.43. The minimum atomic E-state index is -0.192. The van der Waals surface area contributed by atoms with Crippen molar-refractivity contribution in [3.05, 3.63) is 88.1 Å². The summed E-state index contributed by atoms with van der Waals surface area (Å²) in [5.41, 5.74) is 1.75. The van der Waals surface area contributed by atoms with Crippen LogP contribution in [0.15, 0.2) is 71.2 Å². The first kappa shape index (κ1) is 17.3. The maximum absolute atomic E-state index is 11.9. The van der Waals surface area contributed by atoms with Crippen LogP contribution in [0.1, 0.15) is 11.3 Å². The predicted octanol–water partition coefficient (Wildman–Crippen LogP) is 5.58. The van der Waals surface area contributed by atoms with E-state index in [0.29, 0.717) is 33.7 Å². The van der Waals surface area contributed by atoms with E-state index in [1.165, 1.54) is 6.08 Å². The maximum atomic E-state index is 11.9. The quantitative estimate of drug-likeness (QED) is 0.594. The highest BCUT2D eigenvalue weighted by Gasteiger charge is 2.10. The van der Waals surface area contributed by atoms with Crippen LogP contribution in [-0.2, 0) is 11.3 Å². The lowest BCUT2D eigenvalue weighted by Gasteiger charge is -2.02. The van der Waals surface area contributed by atoms with Gasteiger partial charge in [-0.15, -0.1) is 0 Å². The molecule has 3 aromatic rings. The Morgan fingerprint density at radius 3 is 2.60 bits per heavy atom. The van der Waals surface area contributed by atoms with E-state index in [0.717, 1.165) is 5.56 Å². The van der Waals surface area contributed by atoms with Gasteiger partial charge < -0.3 is 9.73 Å². The van der Waals surface area contributed by atoms with Gasteiger partial charge >= 0.3 is 0 Å². The second-order valence-electron chi connectivity index (χ2n) is 5.34. The fourth-order valence-electron chi connectivity index (χ4n) is 2.28. The van der Waals surface area contributed by atoms with E-state index in [9.17, 15) is 4.79 Å². The Morgan fingerprint density at radius 2 is 1.80 bits per heavy atom. The van der Waals surface area contributed by atoms with Gasteiger partial charge in [0.15, 0.2) is 0 Å². The minimum Gasteiger partial charge on any atom is -0.457 e. The van der Waals surface area contributed by atoms with Crippen molar-refractivity contribution in [3.63, 3.8) is 0 Å². The van der Waals surface area contributed by atoms with E-state index in [-0.39, 0.29) is 5.91 Å². The molecule has 0 bridgehead atoms. The van der Waals surface area contributed by atoms with Gasteiger partial charge in [-0.05, 0) is 35.9 Å². The fraction of sp³-hybridized carbons (Fsp3) is 0.0500. The van der Waals surface area contributed by atoms with Gasteiger partial charge in [0.2, 0.25) is 5.91 Å². The summed E-state index contributed by atoms with van der Waals surface area (Å²) in [7, 11) is 0. The van der Waals surface area contributed by atoms with E-state index >= 15 is 0 Å². The molecule has 5 heteroatoms. The summed E-state index contributed by atoms with van der Waals surface area (Å²) in [5.74, 6) is 0.959. The number of nitrogens with one attached hydrogen (secondary N) is 1. The lowest BCUT2D eigenvalue weighted by Crippen LogP contribution is -2.20. The zero-order valence-corrected chi connectivity index (χ0v) is 14.7. The second-order valence-corrected chi connectivity index (χ2v) is 6.13. The van der Waals surface area contributed by atoms with Crippen molar-refractivity contribution < 1.29 is 9.21 Å². The molecular weight excluding hydrogens is 357 g/mol. The highest BCUT2D eigenvalue weighted by molar-refractivity contribution is 6.43. The Bertz CT molecular complexity index is 901. The van der Waals surface area contributed by atoms with Gasteiger partial charge in [-0.3, -0.25) is 4.79 Å². The predicted molar refractivity (Wildman–Crippen MR) is 101 cm³/mol. The molecule has 25 heavy (non-hydrogen) atoms. The molecule has 0 aliphatic heterocycles. The molecule has 0 saturated heterocycles. The zero-order chi connectivity index (χ0) is 17.6. The van der Waals surface area contributed by atoms with E-state index in [1.807, 2.05) is 36.4 Å². The van der Waals surface area contributed by atoms with Crippen LogP contribution in [0.3, 0.4) is 0 Å².